The molecule has 1 amide bonds. The Hall–Kier alpha value is -1.94. The van der Waals surface area contributed by atoms with Gasteiger partial charge in [0.05, 0.1) is 6.54 Å². The zero-order valence-corrected chi connectivity index (χ0v) is 16.8. The molecule has 1 fully saturated rings. The number of aromatic nitrogens is 2. The number of halogens is 1. The molecule has 3 rings (SSSR count). The molecule has 1 saturated heterocycles. The third-order valence-electron chi connectivity index (χ3n) is 4.72. The fourth-order valence-corrected chi connectivity index (χ4v) is 4.09. The normalized spacial score (nSPS) is 19.7. The Bertz CT molecular complexity index is 881. The van der Waals surface area contributed by atoms with Gasteiger partial charge in [0.2, 0.25) is 5.91 Å². The molecule has 3 N–H and O–H groups in total. The summed E-state index contributed by atoms with van der Waals surface area (Å²) in [5, 5.41) is -0.0921. The van der Waals surface area contributed by atoms with E-state index < -0.39 is 10.0 Å². The largest absolute Gasteiger partial charge is 0.339 e. The zero-order chi connectivity index (χ0) is 18.9. The highest BCUT2D eigenvalue weighted by atomic mass is 35.5. The minimum absolute atomic E-state index is 0. The van der Waals surface area contributed by atoms with Crippen molar-refractivity contribution in [2.24, 2.45) is 12.8 Å². The van der Waals surface area contributed by atoms with Crippen molar-refractivity contribution in [2.45, 2.75) is 23.9 Å². The summed E-state index contributed by atoms with van der Waals surface area (Å²) < 4.78 is 28.5. The van der Waals surface area contributed by atoms with E-state index in [1.54, 1.807) is 23.4 Å². The first-order valence-corrected chi connectivity index (χ1v) is 9.84. The number of likely N-dealkylation sites (tertiary alicyclic amines) is 1. The van der Waals surface area contributed by atoms with E-state index in [-0.39, 0.29) is 41.8 Å². The number of benzene rings is 1. The van der Waals surface area contributed by atoms with Crippen LogP contribution in [0, 0.1) is 6.92 Å². The van der Waals surface area contributed by atoms with Crippen LogP contribution < -0.4 is 10.5 Å². The Morgan fingerprint density at radius 3 is 2.56 bits per heavy atom. The quantitative estimate of drug-likeness (QED) is 0.736. The highest BCUT2D eigenvalue weighted by Crippen LogP contribution is 2.26. The molecule has 8 nitrogen and oxygen atoms in total. The monoisotopic (exact) mass is 413 g/mol. The average molecular weight is 414 g/mol. The van der Waals surface area contributed by atoms with Crippen molar-refractivity contribution in [3.05, 3.63) is 47.9 Å². The van der Waals surface area contributed by atoms with E-state index in [2.05, 4.69) is 9.71 Å². The summed E-state index contributed by atoms with van der Waals surface area (Å²) in [5.74, 6) is 0.332. The van der Waals surface area contributed by atoms with Crippen LogP contribution in [0.25, 0.3) is 0 Å². The number of nitrogens with zero attached hydrogens (tertiary/aromatic N) is 3. The number of aryl methyl sites for hydroxylation is 2. The molecule has 0 aliphatic carbocycles. The number of carbonyl (C=O) groups excluding carboxylic acids is 1. The van der Waals surface area contributed by atoms with Gasteiger partial charge in [-0.1, -0.05) is 30.3 Å². The van der Waals surface area contributed by atoms with E-state index in [4.69, 9.17) is 5.73 Å². The Morgan fingerprint density at radius 1 is 1.30 bits per heavy atom. The van der Waals surface area contributed by atoms with Gasteiger partial charge in [0.25, 0.3) is 10.0 Å². The second-order valence-corrected chi connectivity index (χ2v) is 8.26. The van der Waals surface area contributed by atoms with Crippen LogP contribution in [0.4, 0.5) is 0 Å². The van der Waals surface area contributed by atoms with E-state index in [1.807, 2.05) is 30.3 Å². The van der Waals surface area contributed by atoms with Gasteiger partial charge in [-0.3, -0.25) is 4.79 Å². The van der Waals surface area contributed by atoms with Crippen molar-refractivity contribution < 1.29 is 13.2 Å². The van der Waals surface area contributed by atoms with Crippen LogP contribution >= 0.6 is 12.4 Å². The second-order valence-electron chi connectivity index (χ2n) is 6.54. The molecule has 0 unspecified atom stereocenters. The van der Waals surface area contributed by atoms with Crippen molar-refractivity contribution in [2.75, 3.05) is 19.6 Å². The maximum Gasteiger partial charge on any atom is 0.260 e. The first-order valence-electron chi connectivity index (χ1n) is 8.36. The molecule has 1 aliphatic heterocycles. The number of sulfonamides is 1. The van der Waals surface area contributed by atoms with E-state index >= 15 is 0 Å². The highest BCUT2D eigenvalue weighted by Gasteiger charge is 2.34. The standard InChI is InChI=1S/C17H23N5O3S.ClH/c1-12-20-16(11-21(12)2)26(24,25)19-8-17(23)22-9-14(15(18)10-22)13-6-4-3-5-7-13;/h3-7,11,14-15,19H,8-10,18H2,1-2H3;1H/t14-,15+;/m0./s1. The van der Waals surface area contributed by atoms with Gasteiger partial charge < -0.3 is 15.2 Å². The van der Waals surface area contributed by atoms with E-state index in [1.165, 1.54) is 6.20 Å². The Balaban J connectivity index is 0.00000261. The van der Waals surface area contributed by atoms with Gasteiger partial charge in [0, 0.05) is 38.3 Å². The van der Waals surface area contributed by atoms with Crippen LogP contribution in [-0.4, -0.2) is 54.5 Å². The van der Waals surface area contributed by atoms with Crippen molar-refractivity contribution in [3.63, 3.8) is 0 Å². The van der Waals surface area contributed by atoms with Gasteiger partial charge in [-0.05, 0) is 12.5 Å². The predicted octanol–water partition coefficient (Wildman–Crippen LogP) is 0.382. The number of hydrogen-bond donors (Lipinski definition) is 2. The van der Waals surface area contributed by atoms with Gasteiger partial charge >= 0.3 is 0 Å². The van der Waals surface area contributed by atoms with Gasteiger partial charge in [-0.25, -0.2) is 18.1 Å². The highest BCUT2D eigenvalue weighted by molar-refractivity contribution is 7.89. The minimum atomic E-state index is -3.83. The van der Waals surface area contributed by atoms with Crippen LogP contribution in [-0.2, 0) is 21.9 Å². The van der Waals surface area contributed by atoms with Crippen molar-refractivity contribution in [3.8, 4) is 0 Å². The number of nitrogens with two attached hydrogens (primary N) is 1. The zero-order valence-electron chi connectivity index (χ0n) is 15.2. The van der Waals surface area contributed by atoms with Gasteiger partial charge in [-0.15, -0.1) is 12.4 Å². The third-order valence-corrected chi connectivity index (χ3v) is 5.99. The lowest BCUT2D eigenvalue weighted by Gasteiger charge is -2.16. The fourth-order valence-electron chi connectivity index (χ4n) is 3.08. The molecule has 0 radical (unpaired) electrons. The summed E-state index contributed by atoms with van der Waals surface area (Å²) >= 11 is 0. The summed E-state index contributed by atoms with van der Waals surface area (Å²) in [4.78, 5) is 18.0. The Kier molecular flexibility index (Phi) is 6.63. The topological polar surface area (TPSA) is 110 Å². The lowest BCUT2D eigenvalue weighted by Crippen LogP contribution is -2.40. The summed E-state index contributed by atoms with van der Waals surface area (Å²) in [6.07, 6.45) is 1.42. The third kappa shape index (κ3) is 4.67. The van der Waals surface area contributed by atoms with Gasteiger partial charge in [0.15, 0.2) is 5.03 Å². The summed E-state index contributed by atoms with van der Waals surface area (Å²) in [7, 11) is -2.12. The SMILES string of the molecule is Cc1nc(S(=O)(=O)NCC(=O)N2C[C@@H](N)[C@H](c3ccccc3)C2)cn1C.Cl. The van der Waals surface area contributed by atoms with E-state index in [0.717, 1.165) is 5.56 Å². The molecule has 27 heavy (non-hydrogen) atoms. The first-order chi connectivity index (χ1) is 12.3. The number of rotatable bonds is 5. The molecule has 0 saturated carbocycles. The number of carbonyl (C=O) groups is 1. The molecule has 1 aromatic carbocycles. The number of hydrogen-bond acceptors (Lipinski definition) is 5. The molecule has 1 aliphatic rings. The molecule has 2 atom stereocenters. The van der Waals surface area contributed by atoms with Crippen LogP contribution in [0.2, 0.25) is 0 Å². The molecule has 2 aromatic rings. The maximum absolute atomic E-state index is 12.4. The summed E-state index contributed by atoms with van der Waals surface area (Å²) in [6, 6.07) is 9.62. The van der Waals surface area contributed by atoms with Crippen molar-refractivity contribution in [1.82, 2.24) is 19.2 Å². The Labute approximate surface area is 165 Å². The molecule has 0 spiro atoms. The molecule has 2 heterocycles. The summed E-state index contributed by atoms with van der Waals surface area (Å²) in [6.45, 7) is 2.28. The van der Waals surface area contributed by atoms with Crippen molar-refractivity contribution in [1.29, 1.82) is 0 Å². The van der Waals surface area contributed by atoms with Crippen LogP contribution in [0.3, 0.4) is 0 Å². The smallest absolute Gasteiger partial charge is 0.260 e. The summed E-state index contributed by atoms with van der Waals surface area (Å²) in [5.41, 5.74) is 7.27. The molecule has 1 aromatic heterocycles. The maximum atomic E-state index is 12.4. The average Bonchev–Trinajstić information content (AvgIpc) is 3.17. The Morgan fingerprint density at radius 2 is 1.96 bits per heavy atom. The fraction of sp³-hybridized carbons (Fsp3) is 0.412. The number of nitrogens with one attached hydrogen (secondary N) is 1. The van der Waals surface area contributed by atoms with Crippen molar-refractivity contribution >= 4 is 28.3 Å². The number of amides is 1. The van der Waals surface area contributed by atoms with Crippen LogP contribution in [0.5, 0.6) is 0 Å². The molecule has 148 valence electrons. The van der Waals surface area contributed by atoms with Gasteiger partial charge in [-0.2, -0.15) is 0 Å². The first kappa shape index (κ1) is 21.4. The predicted molar refractivity (Wildman–Crippen MR) is 104 cm³/mol. The molecule has 10 heteroatoms. The molecular formula is C17H24ClN5O3S. The van der Waals surface area contributed by atoms with Gasteiger partial charge in [0.1, 0.15) is 5.82 Å². The van der Waals surface area contributed by atoms with Crippen LogP contribution in [0.15, 0.2) is 41.6 Å². The lowest BCUT2D eigenvalue weighted by molar-refractivity contribution is -0.128. The second kappa shape index (κ2) is 8.39. The van der Waals surface area contributed by atoms with E-state index in [0.29, 0.717) is 18.9 Å². The lowest BCUT2D eigenvalue weighted by atomic mass is 9.95. The number of imidazole rings is 1. The molecule has 0 bridgehead atoms. The van der Waals surface area contributed by atoms with Crippen LogP contribution in [0.1, 0.15) is 17.3 Å². The minimum Gasteiger partial charge on any atom is -0.339 e. The molecular weight excluding hydrogens is 390 g/mol. The van der Waals surface area contributed by atoms with E-state index in [9.17, 15) is 13.2 Å².